The molecule has 2 aliphatic rings. The number of carbonyl (C=O) groups excluding carboxylic acids is 1. The molecule has 4 rings (SSSR count). The lowest BCUT2D eigenvalue weighted by Gasteiger charge is -2.34. The highest BCUT2D eigenvalue weighted by atomic mass is 16.6. The summed E-state index contributed by atoms with van der Waals surface area (Å²) in [7, 11) is 0. The number of likely N-dealkylation sites (tertiary alicyclic amines) is 1. The second kappa shape index (κ2) is 8.23. The van der Waals surface area contributed by atoms with Crippen LogP contribution in [0.15, 0.2) is 42.5 Å². The van der Waals surface area contributed by atoms with E-state index in [4.69, 9.17) is 0 Å². The normalized spacial score (nSPS) is 17.6. The summed E-state index contributed by atoms with van der Waals surface area (Å²) in [5.41, 5.74) is 3.78. The summed E-state index contributed by atoms with van der Waals surface area (Å²) < 4.78 is 0. The van der Waals surface area contributed by atoms with Crippen LogP contribution in [0.1, 0.15) is 53.1 Å². The first kappa shape index (κ1) is 19.4. The van der Waals surface area contributed by atoms with Gasteiger partial charge in [0.15, 0.2) is 0 Å². The topological polar surface area (TPSA) is 66.7 Å². The fraction of sp³-hybridized carbons (Fsp3) is 0.435. The second-order valence-corrected chi connectivity index (χ2v) is 8.08. The number of benzene rings is 2. The number of nitro benzene ring substituents is 1. The molecular weight excluding hydrogens is 366 g/mol. The quantitative estimate of drug-likeness (QED) is 0.566. The number of hydrogen-bond acceptors (Lipinski definition) is 4. The summed E-state index contributed by atoms with van der Waals surface area (Å²) in [6.07, 6.45) is 4.01. The van der Waals surface area contributed by atoms with E-state index in [-0.39, 0.29) is 17.2 Å². The molecule has 0 aliphatic carbocycles. The standard InChI is InChI=1S/C23H27N3O3/c1-17-6-2-3-7-20(17)18-10-14-24(15-11-18)19-8-9-22(26(28)29)21(16-19)23(27)25-12-4-5-13-25/h2-3,6-9,16,18H,4-5,10-15H2,1H3. The molecule has 0 spiro atoms. The van der Waals surface area contributed by atoms with Gasteiger partial charge in [-0.2, -0.15) is 0 Å². The summed E-state index contributed by atoms with van der Waals surface area (Å²) in [6, 6.07) is 13.6. The Morgan fingerprint density at radius 1 is 1.03 bits per heavy atom. The summed E-state index contributed by atoms with van der Waals surface area (Å²) in [5.74, 6) is 0.321. The Kier molecular flexibility index (Phi) is 5.51. The van der Waals surface area contributed by atoms with E-state index in [0.29, 0.717) is 19.0 Å². The molecular formula is C23H27N3O3. The van der Waals surface area contributed by atoms with E-state index in [9.17, 15) is 14.9 Å². The fourth-order valence-corrected chi connectivity index (χ4v) is 4.64. The van der Waals surface area contributed by atoms with Gasteiger partial charge >= 0.3 is 0 Å². The first-order chi connectivity index (χ1) is 14.0. The van der Waals surface area contributed by atoms with E-state index in [0.717, 1.165) is 44.5 Å². The van der Waals surface area contributed by atoms with Crippen LogP contribution in [-0.4, -0.2) is 41.9 Å². The van der Waals surface area contributed by atoms with E-state index in [2.05, 4.69) is 36.1 Å². The predicted octanol–water partition coefficient (Wildman–Crippen LogP) is 4.52. The smallest absolute Gasteiger partial charge is 0.282 e. The lowest BCUT2D eigenvalue weighted by Crippen LogP contribution is -2.33. The summed E-state index contributed by atoms with van der Waals surface area (Å²) >= 11 is 0. The first-order valence-corrected chi connectivity index (χ1v) is 10.4. The zero-order valence-corrected chi connectivity index (χ0v) is 16.8. The van der Waals surface area contributed by atoms with Gasteiger partial charge < -0.3 is 9.80 Å². The Balaban J connectivity index is 1.53. The molecule has 1 amide bonds. The molecule has 2 heterocycles. The Morgan fingerprint density at radius 3 is 2.38 bits per heavy atom. The van der Waals surface area contributed by atoms with Gasteiger partial charge in [-0.1, -0.05) is 24.3 Å². The van der Waals surface area contributed by atoms with Crippen molar-refractivity contribution in [3.8, 4) is 0 Å². The van der Waals surface area contributed by atoms with Gasteiger partial charge in [0, 0.05) is 37.9 Å². The molecule has 6 nitrogen and oxygen atoms in total. The third-order valence-corrected chi connectivity index (χ3v) is 6.29. The largest absolute Gasteiger partial charge is 0.371 e. The van der Waals surface area contributed by atoms with E-state index >= 15 is 0 Å². The van der Waals surface area contributed by atoms with E-state index < -0.39 is 4.92 Å². The monoisotopic (exact) mass is 393 g/mol. The van der Waals surface area contributed by atoms with Crippen LogP contribution in [0.5, 0.6) is 0 Å². The molecule has 2 saturated heterocycles. The number of rotatable bonds is 4. The fourth-order valence-electron chi connectivity index (χ4n) is 4.64. The minimum Gasteiger partial charge on any atom is -0.371 e. The average molecular weight is 393 g/mol. The van der Waals surface area contributed by atoms with E-state index in [1.54, 1.807) is 17.0 Å². The van der Waals surface area contributed by atoms with Gasteiger partial charge in [0.1, 0.15) is 5.56 Å². The third kappa shape index (κ3) is 3.97. The van der Waals surface area contributed by atoms with Crippen LogP contribution in [-0.2, 0) is 0 Å². The van der Waals surface area contributed by atoms with E-state index in [1.165, 1.54) is 17.2 Å². The van der Waals surface area contributed by atoms with Gasteiger partial charge in [-0.15, -0.1) is 0 Å². The molecule has 0 radical (unpaired) electrons. The SMILES string of the molecule is Cc1ccccc1C1CCN(c2ccc([N+](=O)[O-])c(C(=O)N3CCCC3)c2)CC1. The van der Waals surface area contributed by atoms with Crippen molar-refractivity contribution < 1.29 is 9.72 Å². The van der Waals surface area contributed by atoms with Crippen molar-refractivity contribution >= 4 is 17.3 Å². The van der Waals surface area contributed by atoms with Crippen LogP contribution >= 0.6 is 0 Å². The van der Waals surface area contributed by atoms with Crippen molar-refractivity contribution in [3.05, 3.63) is 69.3 Å². The Hall–Kier alpha value is -2.89. The number of piperidine rings is 1. The molecule has 0 saturated carbocycles. The van der Waals surface area contributed by atoms with Crippen molar-refractivity contribution in [2.24, 2.45) is 0 Å². The molecule has 0 aromatic heterocycles. The molecule has 2 aliphatic heterocycles. The number of amides is 1. The van der Waals surface area contributed by atoms with Crippen molar-refractivity contribution in [2.45, 2.75) is 38.5 Å². The van der Waals surface area contributed by atoms with Gasteiger partial charge in [-0.3, -0.25) is 14.9 Å². The zero-order chi connectivity index (χ0) is 20.4. The molecule has 29 heavy (non-hydrogen) atoms. The maximum absolute atomic E-state index is 12.9. The van der Waals surface area contributed by atoms with Crippen LogP contribution in [0.25, 0.3) is 0 Å². The molecule has 0 N–H and O–H groups in total. The lowest BCUT2D eigenvalue weighted by atomic mass is 9.86. The van der Waals surface area contributed by atoms with Crippen LogP contribution in [0, 0.1) is 17.0 Å². The van der Waals surface area contributed by atoms with Crippen LogP contribution in [0.3, 0.4) is 0 Å². The highest BCUT2D eigenvalue weighted by Gasteiger charge is 2.29. The number of aryl methyl sites for hydroxylation is 1. The van der Waals surface area contributed by atoms with E-state index in [1.807, 2.05) is 0 Å². The predicted molar refractivity (Wildman–Crippen MR) is 114 cm³/mol. The Bertz CT molecular complexity index is 913. The molecule has 2 fully saturated rings. The third-order valence-electron chi connectivity index (χ3n) is 6.29. The molecule has 2 aromatic carbocycles. The van der Waals surface area contributed by atoms with Gasteiger partial charge in [0.25, 0.3) is 11.6 Å². The van der Waals surface area contributed by atoms with Crippen LogP contribution in [0.2, 0.25) is 0 Å². The van der Waals surface area contributed by atoms with Gasteiger partial charge in [0.2, 0.25) is 0 Å². The highest BCUT2D eigenvalue weighted by molar-refractivity contribution is 5.99. The number of carbonyl (C=O) groups is 1. The second-order valence-electron chi connectivity index (χ2n) is 8.08. The minimum absolute atomic E-state index is 0.0968. The molecule has 152 valence electrons. The molecule has 0 atom stereocenters. The van der Waals surface area contributed by atoms with Crippen molar-refractivity contribution in [1.29, 1.82) is 0 Å². The number of anilines is 1. The summed E-state index contributed by atoms with van der Waals surface area (Å²) in [5, 5.41) is 11.5. The molecule has 6 heteroatoms. The first-order valence-electron chi connectivity index (χ1n) is 10.4. The van der Waals surface area contributed by atoms with Crippen LogP contribution in [0.4, 0.5) is 11.4 Å². The average Bonchev–Trinajstić information content (AvgIpc) is 3.28. The lowest BCUT2D eigenvalue weighted by molar-refractivity contribution is -0.385. The summed E-state index contributed by atoms with van der Waals surface area (Å²) in [4.78, 5) is 27.9. The van der Waals surface area contributed by atoms with Gasteiger partial charge in [-0.25, -0.2) is 0 Å². The van der Waals surface area contributed by atoms with Gasteiger partial charge in [-0.05, 0) is 61.8 Å². The highest BCUT2D eigenvalue weighted by Crippen LogP contribution is 2.34. The molecule has 2 aromatic rings. The van der Waals surface area contributed by atoms with Crippen LogP contribution < -0.4 is 4.90 Å². The van der Waals surface area contributed by atoms with Crippen molar-refractivity contribution in [2.75, 3.05) is 31.1 Å². The Labute approximate surface area is 171 Å². The van der Waals surface area contributed by atoms with Gasteiger partial charge in [0.05, 0.1) is 4.92 Å². The number of nitro groups is 1. The Morgan fingerprint density at radius 2 is 1.72 bits per heavy atom. The summed E-state index contributed by atoms with van der Waals surface area (Å²) in [6.45, 7) is 5.29. The molecule has 0 unspecified atom stereocenters. The number of hydrogen-bond donors (Lipinski definition) is 0. The maximum atomic E-state index is 12.9. The van der Waals surface area contributed by atoms with Crippen molar-refractivity contribution in [1.82, 2.24) is 4.90 Å². The zero-order valence-electron chi connectivity index (χ0n) is 16.8. The number of nitrogens with zero attached hydrogens (tertiary/aromatic N) is 3. The molecule has 0 bridgehead atoms. The maximum Gasteiger partial charge on any atom is 0.282 e. The van der Waals surface area contributed by atoms with Crippen molar-refractivity contribution in [3.63, 3.8) is 0 Å². The minimum atomic E-state index is -0.447.